The van der Waals surface area contributed by atoms with E-state index in [0.29, 0.717) is 43.5 Å². The van der Waals surface area contributed by atoms with Gasteiger partial charge in [-0.05, 0) is 140 Å². The van der Waals surface area contributed by atoms with Gasteiger partial charge in [0.2, 0.25) is 23.6 Å². The molecule has 4 amide bonds. The minimum Gasteiger partial charge on any atom is -0.481 e. The van der Waals surface area contributed by atoms with Crippen molar-refractivity contribution in [2.75, 3.05) is 36.0 Å². The van der Waals surface area contributed by atoms with Gasteiger partial charge in [-0.2, -0.15) is 0 Å². The maximum atomic E-state index is 17.9. The lowest BCUT2D eigenvalue weighted by molar-refractivity contribution is -0.210. The molecule has 6 saturated carbocycles. The smallest absolute Gasteiger partial charge is 0.303 e. The Balaban J connectivity index is 0.674. The average Bonchev–Trinajstić information content (AvgIpc) is 2.69. The van der Waals surface area contributed by atoms with Crippen molar-refractivity contribution in [3.8, 4) is 11.8 Å². The molecular weight excluding hydrogens is 1000 g/mol. The number of carbonyl (C=O) groups is 7. The summed E-state index contributed by atoms with van der Waals surface area (Å²) in [5, 5.41) is 40.1. The highest BCUT2D eigenvalue weighted by molar-refractivity contribution is 6.01. The number of carbonyl (C=O) groups excluding carboxylic acids is 6. The van der Waals surface area contributed by atoms with Gasteiger partial charge in [0, 0.05) is 66.0 Å². The molecule has 78 heavy (non-hydrogen) atoms. The van der Waals surface area contributed by atoms with E-state index < -0.39 is 100 Å². The van der Waals surface area contributed by atoms with Gasteiger partial charge in [0.05, 0.1) is 30.3 Å². The van der Waals surface area contributed by atoms with Crippen molar-refractivity contribution in [2.45, 2.75) is 121 Å². The Hall–Kier alpha value is -7.03. The van der Waals surface area contributed by atoms with E-state index in [9.17, 15) is 48.9 Å². The second-order valence-electron chi connectivity index (χ2n) is 24.1. The van der Waals surface area contributed by atoms with Crippen molar-refractivity contribution >= 4 is 52.5 Å². The molecule has 9 aliphatic rings. The number of benzene rings is 3. The first-order valence-corrected chi connectivity index (χ1v) is 27.2. The number of aliphatic hydroxyl groups is 2. The zero-order valence-corrected chi connectivity index (χ0v) is 43.8. The fourth-order valence-corrected chi connectivity index (χ4v) is 16.2. The van der Waals surface area contributed by atoms with E-state index in [1.807, 2.05) is 79.7 Å². The number of rotatable bonds is 16. The Morgan fingerprint density at radius 1 is 0.872 bits per heavy atom. The van der Waals surface area contributed by atoms with E-state index in [0.717, 1.165) is 28.8 Å². The summed E-state index contributed by atoms with van der Waals surface area (Å²) in [5.41, 5.74) is -1.48. The van der Waals surface area contributed by atoms with Gasteiger partial charge in [-0.1, -0.05) is 67.3 Å². The van der Waals surface area contributed by atoms with Gasteiger partial charge < -0.3 is 41.1 Å². The van der Waals surface area contributed by atoms with Crippen molar-refractivity contribution < 1.29 is 57.7 Å². The Bertz CT molecular complexity index is 3150. The third-order valence-electron chi connectivity index (χ3n) is 19.7. The van der Waals surface area contributed by atoms with Gasteiger partial charge in [-0.25, -0.2) is 8.78 Å². The highest BCUT2D eigenvalue weighted by Crippen LogP contribution is 2.75. The van der Waals surface area contributed by atoms with E-state index in [1.165, 1.54) is 18.2 Å². The van der Waals surface area contributed by atoms with Crippen LogP contribution >= 0.6 is 0 Å². The fraction of sp³-hybridized carbons (Fsp3) is 0.492. The van der Waals surface area contributed by atoms with Crippen LogP contribution in [0.1, 0.15) is 100 Å². The summed E-state index contributed by atoms with van der Waals surface area (Å²) in [6.07, 6.45) is 2.75. The maximum Gasteiger partial charge on any atom is 0.303 e. The number of ketones is 2. The van der Waals surface area contributed by atoms with Gasteiger partial charge >= 0.3 is 5.97 Å². The molecule has 0 unspecified atom stereocenters. The fourth-order valence-electron chi connectivity index (χ4n) is 16.2. The number of alkyl halides is 2. The number of Topliss-reactive ketones (excluding diaryl/α,β-unsaturated/α-hetero) is 1. The lowest BCUT2D eigenvalue weighted by atomic mass is 9.38. The van der Waals surface area contributed by atoms with Gasteiger partial charge in [-0.3, -0.25) is 33.6 Å². The summed E-state index contributed by atoms with van der Waals surface area (Å²) in [5.74, 6) is 0.692. The molecule has 17 heteroatoms. The van der Waals surface area contributed by atoms with Crippen LogP contribution in [-0.2, 0) is 46.5 Å². The van der Waals surface area contributed by atoms with Crippen molar-refractivity contribution in [2.24, 2.45) is 39.4 Å². The minimum absolute atomic E-state index is 0.0485. The molecule has 6 N–H and O–H groups in total. The predicted molar refractivity (Wildman–Crippen MR) is 283 cm³/mol. The molecule has 0 radical (unpaired) electrons. The third kappa shape index (κ3) is 8.56. The van der Waals surface area contributed by atoms with Gasteiger partial charge in [0.15, 0.2) is 17.2 Å². The van der Waals surface area contributed by atoms with Gasteiger partial charge in [-0.15, -0.1) is 0 Å². The van der Waals surface area contributed by atoms with Crippen molar-refractivity contribution in [3.63, 3.8) is 0 Å². The molecule has 2 heterocycles. The number of carboxylic acids is 1. The van der Waals surface area contributed by atoms with E-state index >= 15 is 8.78 Å². The van der Waals surface area contributed by atoms with Gasteiger partial charge in [0.25, 0.3) is 0 Å². The molecule has 0 spiro atoms. The summed E-state index contributed by atoms with van der Waals surface area (Å²) in [6.45, 7) is 3.24. The quantitative estimate of drug-likeness (QED) is 0.100. The Morgan fingerprint density at radius 3 is 2.31 bits per heavy atom. The van der Waals surface area contributed by atoms with E-state index in [1.54, 1.807) is 11.8 Å². The van der Waals surface area contributed by atoms with E-state index in [-0.39, 0.29) is 80.2 Å². The van der Waals surface area contributed by atoms with Gasteiger partial charge in [0.1, 0.15) is 18.8 Å². The van der Waals surface area contributed by atoms with Crippen molar-refractivity contribution in [1.82, 2.24) is 16.0 Å². The summed E-state index contributed by atoms with van der Waals surface area (Å²) in [6, 6.07) is 21.8. The van der Waals surface area contributed by atoms with Crippen LogP contribution in [0.3, 0.4) is 0 Å². The lowest BCUT2D eigenvalue weighted by Gasteiger charge is -2.71. The van der Waals surface area contributed by atoms with Crippen LogP contribution < -0.4 is 25.8 Å². The normalized spacial score (nSPS) is 33.6. The first-order valence-electron chi connectivity index (χ1n) is 27.2. The second kappa shape index (κ2) is 19.4. The number of amides is 4. The number of carboxylic acid groups (broad SMARTS) is 1. The number of aliphatic hydroxyl groups excluding tert-OH is 2. The molecule has 2 aliphatic heterocycles. The molecule has 3 aromatic carbocycles. The van der Waals surface area contributed by atoms with Crippen molar-refractivity contribution in [3.05, 3.63) is 119 Å². The Kier molecular flexibility index (Phi) is 13.2. The first-order chi connectivity index (χ1) is 37.1. The molecular formula is C61H65F2N5O10. The number of hydrogen-bond acceptors (Lipinski definition) is 10. The van der Waals surface area contributed by atoms with Crippen LogP contribution in [0.5, 0.6) is 0 Å². The van der Waals surface area contributed by atoms with Crippen LogP contribution in [0.15, 0.2) is 96.6 Å². The number of nitrogens with one attached hydrogen (secondary N) is 3. The van der Waals surface area contributed by atoms with Crippen LogP contribution in [0.25, 0.3) is 0 Å². The zero-order valence-electron chi connectivity index (χ0n) is 43.8. The monoisotopic (exact) mass is 1070 g/mol. The molecule has 408 valence electrons. The second-order valence-corrected chi connectivity index (χ2v) is 24.1. The molecule has 12 rings (SSSR count). The third-order valence-corrected chi connectivity index (χ3v) is 19.7. The SMILES string of the molecule is C[C@]12C=CC(=O)C=C1[C@@H](F)C[C@H]1[C@@H]3C[C@H]4CN(c5ccc(CC67CC(NC(=O)[C@H](CCC(=O)O)NC(=O)CNC(=O)CCC(=O)N8Cc9ccccc9C#Cc9ccccc98)(C6)C7)cc5)C[C@@]4(C(=O)CO)[C@@]3(C)C[C@H](O)[C@@]12F. The molecule has 3 aromatic rings. The number of aliphatic carboxylic acids is 1. The molecule has 7 fully saturated rings. The Labute approximate surface area is 451 Å². The minimum atomic E-state index is -2.27. The average molecular weight is 1070 g/mol. The molecule has 0 aromatic heterocycles. The molecule has 1 saturated heterocycles. The number of anilines is 2. The van der Waals surface area contributed by atoms with Crippen LogP contribution in [0, 0.1) is 51.3 Å². The lowest BCUT2D eigenvalue weighted by Crippen LogP contribution is -2.76. The number of allylic oxidation sites excluding steroid dienone is 4. The van der Waals surface area contributed by atoms with Crippen molar-refractivity contribution in [1.29, 1.82) is 0 Å². The standard InChI is InChI=1S/C61H65F2N5O10/c1-56-22-21-42(70)24-45(56)46(62)25-44-43-23-40-30-67(35-60(40,50(72)31-69)57(43,2)27-49(71)61(44,56)63)41-15-11-36(12-16-41)26-58-32-59(33-58,34-58)66-55(78)47(17-20-54(76)77)65-52(74)28-64-51(73)18-19-53(75)68-29-39-9-4-3-7-37(39)13-14-38-8-5-6-10-48(38)68/h3-12,15-16,21-22,24,40,43-44,46-47,49,69,71H,17-20,23,25-35H2,1-2H3,(H,64,73)(H,65,74)(H,66,78)(H,76,77)/t40-,43-,44-,46-,47-,49-,56-,57-,58?,59?,60+,61-/m0/s1. The number of nitrogens with zero attached hydrogens (tertiary/aromatic N) is 2. The van der Waals surface area contributed by atoms with Crippen LogP contribution in [-0.4, -0.2) is 112 Å². The maximum absolute atomic E-state index is 17.9. The summed E-state index contributed by atoms with van der Waals surface area (Å²) in [7, 11) is 0. The number of hydrogen-bond donors (Lipinski definition) is 6. The topological polar surface area (TPSA) is 223 Å². The van der Waals surface area contributed by atoms with Crippen LogP contribution in [0.2, 0.25) is 0 Å². The molecule has 10 atom stereocenters. The number of fused-ring (bicyclic) bond motifs is 9. The number of halogens is 2. The first kappa shape index (κ1) is 53.0. The Morgan fingerprint density at radius 2 is 1.58 bits per heavy atom. The molecule has 7 aliphatic carbocycles. The summed E-state index contributed by atoms with van der Waals surface area (Å²) in [4.78, 5) is 95.2. The predicted octanol–water partition coefficient (Wildman–Crippen LogP) is 5.37. The highest BCUT2D eigenvalue weighted by atomic mass is 19.1. The summed E-state index contributed by atoms with van der Waals surface area (Å²) < 4.78 is 34.0. The van der Waals surface area contributed by atoms with E-state index in [4.69, 9.17) is 0 Å². The molecule has 15 nitrogen and oxygen atoms in total. The molecule has 2 bridgehead atoms. The summed E-state index contributed by atoms with van der Waals surface area (Å²) >= 11 is 0. The van der Waals surface area contributed by atoms with E-state index in [2.05, 4.69) is 32.7 Å². The zero-order chi connectivity index (χ0) is 55.2. The largest absolute Gasteiger partial charge is 0.481 e. The number of para-hydroxylation sites is 1. The highest BCUT2D eigenvalue weighted by Gasteiger charge is 2.78. The van der Waals surface area contributed by atoms with Crippen LogP contribution in [0.4, 0.5) is 20.2 Å².